The summed E-state index contributed by atoms with van der Waals surface area (Å²) < 4.78 is 10.6. The number of rotatable bonds is 7. The Kier molecular flexibility index (Phi) is 9.99. The van der Waals surface area contributed by atoms with Crippen LogP contribution < -0.4 is 20.3 Å². The normalized spacial score (nSPS) is 14.1. The predicted octanol–water partition coefficient (Wildman–Crippen LogP) is 2.45. The molecule has 2 heterocycles. The highest BCUT2D eigenvalue weighted by atomic mass is 127. The predicted molar refractivity (Wildman–Crippen MR) is 128 cm³/mol. The second-order valence-electron chi connectivity index (χ2n) is 6.54. The topological polar surface area (TPSA) is 71.0 Å². The van der Waals surface area contributed by atoms with Crippen LogP contribution in [0.1, 0.15) is 11.1 Å². The first-order valence-corrected chi connectivity index (χ1v) is 9.64. The number of guanidine groups is 1. The van der Waals surface area contributed by atoms with Crippen molar-refractivity contribution < 1.29 is 9.47 Å². The minimum atomic E-state index is 0. The summed E-state index contributed by atoms with van der Waals surface area (Å²) in [5.41, 5.74) is 2.41. The smallest absolute Gasteiger partial charge is 0.191 e. The molecule has 0 saturated carbocycles. The fourth-order valence-corrected chi connectivity index (χ4v) is 3.15. The van der Waals surface area contributed by atoms with Crippen molar-refractivity contribution in [1.82, 2.24) is 15.6 Å². The third-order valence-corrected chi connectivity index (χ3v) is 4.71. The van der Waals surface area contributed by atoms with Crippen LogP contribution in [0.3, 0.4) is 0 Å². The molecule has 7 nitrogen and oxygen atoms in total. The van der Waals surface area contributed by atoms with Gasteiger partial charge in [0.15, 0.2) is 5.96 Å². The van der Waals surface area contributed by atoms with E-state index in [0.717, 1.165) is 62.4 Å². The molecule has 29 heavy (non-hydrogen) atoms. The number of benzene rings is 1. The van der Waals surface area contributed by atoms with Gasteiger partial charge in [0.1, 0.15) is 11.6 Å². The Labute approximate surface area is 189 Å². The first-order valence-electron chi connectivity index (χ1n) is 9.64. The summed E-state index contributed by atoms with van der Waals surface area (Å²) >= 11 is 0. The van der Waals surface area contributed by atoms with Crippen LogP contribution in [-0.4, -0.2) is 57.9 Å². The van der Waals surface area contributed by atoms with Crippen LogP contribution in [0.5, 0.6) is 5.75 Å². The lowest BCUT2D eigenvalue weighted by Crippen LogP contribution is -2.40. The highest BCUT2D eigenvalue weighted by Gasteiger charge is 2.15. The summed E-state index contributed by atoms with van der Waals surface area (Å²) in [5, 5.41) is 6.76. The standard InChI is InChI=1S/C21H29N5O2.HI/c1-22-21(24-11-9-17-5-7-19(27-2)8-6-17)25-16-18-4-3-10-23-20(18)26-12-14-28-15-13-26;/h3-8,10H,9,11-16H2,1-2H3,(H2,22,24,25);1H. The van der Waals surface area contributed by atoms with Crippen LogP contribution in [0.4, 0.5) is 5.82 Å². The first-order chi connectivity index (χ1) is 13.8. The van der Waals surface area contributed by atoms with E-state index in [1.54, 1.807) is 14.2 Å². The van der Waals surface area contributed by atoms with E-state index in [2.05, 4.69) is 43.7 Å². The zero-order chi connectivity index (χ0) is 19.6. The summed E-state index contributed by atoms with van der Waals surface area (Å²) in [7, 11) is 3.47. The van der Waals surface area contributed by atoms with Crippen molar-refractivity contribution >= 4 is 35.8 Å². The third kappa shape index (κ3) is 7.04. The summed E-state index contributed by atoms with van der Waals surface area (Å²) in [6, 6.07) is 12.2. The monoisotopic (exact) mass is 511 g/mol. The first kappa shape index (κ1) is 23.2. The lowest BCUT2D eigenvalue weighted by atomic mass is 10.1. The van der Waals surface area contributed by atoms with Crippen LogP contribution in [0.2, 0.25) is 0 Å². The number of ether oxygens (including phenoxy) is 2. The van der Waals surface area contributed by atoms with E-state index < -0.39 is 0 Å². The molecule has 0 bridgehead atoms. The molecule has 1 fully saturated rings. The maximum Gasteiger partial charge on any atom is 0.191 e. The maximum absolute atomic E-state index is 5.45. The fourth-order valence-electron chi connectivity index (χ4n) is 3.15. The number of pyridine rings is 1. The molecule has 0 radical (unpaired) electrons. The van der Waals surface area contributed by atoms with Gasteiger partial charge in [-0.1, -0.05) is 18.2 Å². The lowest BCUT2D eigenvalue weighted by Gasteiger charge is -2.29. The van der Waals surface area contributed by atoms with E-state index in [-0.39, 0.29) is 24.0 Å². The average molecular weight is 511 g/mol. The Morgan fingerprint density at radius 2 is 1.93 bits per heavy atom. The van der Waals surface area contributed by atoms with Crippen molar-refractivity contribution in [2.24, 2.45) is 4.99 Å². The minimum absolute atomic E-state index is 0. The SMILES string of the molecule is CN=C(NCCc1ccc(OC)cc1)NCc1cccnc1N1CCOCC1.I. The molecular weight excluding hydrogens is 481 g/mol. The van der Waals surface area contributed by atoms with Gasteiger partial charge in [0.05, 0.1) is 20.3 Å². The largest absolute Gasteiger partial charge is 0.497 e. The molecule has 2 N–H and O–H groups in total. The molecule has 158 valence electrons. The van der Waals surface area contributed by atoms with Gasteiger partial charge in [-0.25, -0.2) is 4.98 Å². The number of halogens is 1. The Bertz CT molecular complexity index is 764. The van der Waals surface area contributed by atoms with Gasteiger partial charge < -0.3 is 25.0 Å². The Hall–Kier alpha value is -2.07. The molecule has 0 aliphatic carbocycles. The van der Waals surface area contributed by atoms with Crippen LogP contribution >= 0.6 is 24.0 Å². The van der Waals surface area contributed by atoms with Gasteiger partial charge in [-0.3, -0.25) is 4.99 Å². The van der Waals surface area contributed by atoms with Gasteiger partial charge in [-0.15, -0.1) is 24.0 Å². The zero-order valence-corrected chi connectivity index (χ0v) is 19.4. The number of nitrogens with one attached hydrogen (secondary N) is 2. The number of aromatic nitrogens is 1. The number of nitrogens with zero attached hydrogens (tertiary/aromatic N) is 3. The van der Waals surface area contributed by atoms with Crippen LogP contribution in [-0.2, 0) is 17.7 Å². The molecule has 0 spiro atoms. The molecule has 0 amide bonds. The molecule has 1 saturated heterocycles. The van der Waals surface area contributed by atoms with E-state index in [1.165, 1.54) is 5.56 Å². The van der Waals surface area contributed by atoms with Gasteiger partial charge in [-0.2, -0.15) is 0 Å². The van der Waals surface area contributed by atoms with Gasteiger partial charge in [0.2, 0.25) is 0 Å². The Balaban J connectivity index is 0.00000300. The second-order valence-corrected chi connectivity index (χ2v) is 6.54. The summed E-state index contributed by atoms with van der Waals surface area (Å²) in [6.07, 6.45) is 2.76. The van der Waals surface area contributed by atoms with Crippen molar-refractivity contribution in [3.8, 4) is 5.75 Å². The number of methoxy groups -OCH3 is 1. The van der Waals surface area contributed by atoms with E-state index in [9.17, 15) is 0 Å². The molecule has 1 aromatic carbocycles. The quantitative estimate of drug-likeness (QED) is 0.338. The highest BCUT2D eigenvalue weighted by Crippen LogP contribution is 2.18. The maximum atomic E-state index is 5.45. The van der Waals surface area contributed by atoms with Crippen molar-refractivity contribution in [3.63, 3.8) is 0 Å². The summed E-state index contributed by atoms with van der Waals surface area (Å²) in [4.78, 5) is 11.2. The Morgan fingerprint density at radius 1 is 1.17 bits per heavy atom. The summed E-state index contributed by atoms with van der Waals surface area (Å²) in [5.74, 6) is 2.68. The van der Waals surface area contributed by atoms with E-state index in [4.69, 9.17) is 9.47 Å². The minimum Gasteiger partial charge on any atom is -0.497 e. The zero-order valence-electron chi connectivity index (χ0n) is 17.1. The second kappa shape index (κ2) is 12.5. The highest BCUT2D eigenvalue weighted by molar-refractivity contribution is 14.0. The molecule has 1 aliphatic heterocycles. The number of hydrogen-bond donors (Lipinski definition) is 2. The molecule has 3 rings (SSSR count). The van der Waals surface area contributed by atoms with E-state index in [0.29, 0.717) is 6.54 Å². The molecule has 1 aromatic heterocycles. The third-order valence-electron chi connectivity index (χ3n) is 4.71. The number of anilines is 1. The van der Waals surface area contributed by atoms with Crippen molar-refractivity contribution in [3.05, 3.63) is 53.7 Å². The molecule has 1 aliphatic rings. The van der Waals surface area contributed by atoms with E-state index >= 15 is 0 Å². The van der Waals surface area contributed by atoms with Crippen LogP contribution in [0.15, 0.2) is 47.6 Å². The fraction of sp³-hybridized carbons (Fsp3) is 0.429. The summed E-state index contributed by atoms with van der Waals surface area (Å²) in [6.45, 7) is 4.71. The average Bonchev–Trinajstić information content (AvgIpc) is 2.77. The van der Waals surface area contributed by atoms with Crippen LogP contribution in [0.25, 0.3) is 0 Å². The van der Waals surface area contributed by atoms with Gasteiger partial charge in [-0.05, 0) is 30.2 Å². The molecule has 8 heteroatoms. The van der Waals surface area contributed by atoms with Gasteiger partial charge in [0, 0.05) is 45.0 Å². The molecule has 2 aromatic rings. The lowest BCUT2D eigenvalue weighted by molar-refractivity contribution is 0.122. The number of aliphatic imine (C=N–C) groups is 1. The van der Waals surface area contributed by atoms with Crippen molar-refractivity contribution in [2.75, 3.05) is 51.9 Å². The van der Waals surface area contributed by atoms with Gasteiger partial charge >= 0.3 is 0 Å². The van der Waals surface area contributed by atoms with E-state index in [1.807, 2.05) is 24.4 Å². The Morgan fingerprint density at radius 3 is 2.62 bits per heavy atom. The number of hydrogen-bond acceptors (Lipinski definition) is 5. The molecular formula is C21H30IN5O2. The van der Waals surface area contributed by atoms with Crippen molar-refractivity contribution in [1.29, 1.82) is 0 Å². The van der Waals surface area contributed by atoms with Crippen molar-refractivity contribution in [2.45, 2.75) is 13.0 Å². The van der Waals surface area contributed by atoms with Gasteiger partial charge in [0.25, 0.3) is 0 Å². The number of morpholine rings is 1. The molecule has 0 atom stereocenters. The molecule has 0 unspecified atom stereocenters. The van der Waals surface area contributed by atoms with Crippen LogP contribution in [0, 0.1) is 0 Å².